The Bertz CT molecular complexity index is 1330. The molecule has 1 N–H and O–H groups in total. The number of carbonyl (C=O) groups is 3. The van der Waals surface area contributed by atoms with E-state index in [4.69, 9.17) is 9.47 Å². The number of amides is 1. The molecule has 0 aromatic heterocycles. The lowest BCUT2D eigenvalue weighted by Crippen LogP contribution is -2.37. The summed E-state index contributed by atoms with van der Waals surface area (Å²) in [6, 6.07) is 12.7. The highest BCUT2D eigenvalue weighted by atomic mass is 19.1. The number of ether oxygens (including phenoxy) is 2. The molecule has 0 spiro atoms. The Morgan fingerprint density at radius 2 is 1.50 bits per heavy atom. The molecule has 0 unspecified atom stereocenters. The quantitative estimate of drug-likeness (QED) is 0.508. The van der Waals surface area contributed by atoms with Crippen molar-refractivity contribution in [1.82, 2.24) is 0 Å². The Morgan fingerprint density at radius 1 is 0.921 bits per heavy atom. The molecule has 2 aromatic rings. The van der Waals surface area contributed by atoms with Gasteiger partial charge in [-0.15, -0.1) is 0 Å². The summed E-state index contributed by atoms with van der Waals surface area (Å²) in [7, 11) is 0. The number of rotatable bonds is 5. The monoisotopic (exact) mass is 517 g/mol. The summed E-state index contributed by atoms with van der Waals surface area (Å²) >= 11 is 0. The van der Waals surface area contributed by atoms with Crippen LogP contribution in [0.25, 0.3) is 0 Å². The maximum atomic E-state index is 13.5. The first-order valence-corrected chi connectivity index (χ1v) is 12.9. The van der Waals surface area contributed by atoms with Crippen LogP contribution >= 0.6 is 0 Å². The number of hydrogen-bond acceptors (Lipinski definition) is 5. The van der Waals surface area contributed by atoms with Gasteiger partial charge in [0.1, 0.15) is 23.1 Å². The number of ketones is 2. The third-order valence-corrected chi connectivity index (χ3v) is 7.27. The highest BCUT2D eigenvalue weighted by Crippen LogP contribution is 2.53. The number of Topliss-reactive ketones (excluding diaryl/α,β-unsaturated/α-hetero) is 2. The molecule has 0 fully saturated rings. The maximum absolute atomic E-state index is 13.5. The fraction of sp³-hybridized carbons (Fsp3) is 0.387. The van der Waals surface area contributed by atoms with Crippen LogP contribution in [-0.4, -0.2) is 24.1 Å². The van der Waals surface area contributed by atoms with E-state index in [0.29, 0.717) is 59.8 Å². The molecule has 1 heterocycles. The van der Waals surface area contributed by atoms with Crippen LogP contribution in [0, 0.1) is 16.6 Å². The zero-order valence-corrected chi connectivity index (χ0v) is 22.2. The number of anilines is 1. The summed E-state index contributed by atoms with van der Waals surface area (Å²) < 4.78 is 25.2. The zero-order chi connectivity index (χ0) is 27.2. The standard InChI is InChI=1S/C31H32FNO5/c1-30(2)13-22(34)28-24(15-30)38-25-16-31(3,4)14-23(35)29(25)27(28)18-6-5-7-21(12-18)37-17-26(36)33-20-10-8-19(32)9-11-20/h5-12,27H,13-17H2,1-4H3,(H,33,36). The minimum Gasteiger partial charge on any atom is -0.484 e. The van der Waals surface area contributed by atoms with E-state index in [0.717, 1.165) is 5.56 Å². The van der Waals surface area contributed by atoms with Crippen molar-refractivity contribution in [3.05, 3.63) is 82.6 Å². The van der Waals surface area contributed by atoms with E-state index in [9.17, 15) is 18.8 Å². The van der Waals surface area contributed by atoms with Gasteiger partial charge in [-0.25, -0.2) is 4.39 Å². The summed E-state index contributed by atoms with van der Waals surface area (Å²) in [6.07, 6.45) is 2.01. The van der Waals surface area contributed by atoms with Gasteiger partial charge in [-0.3, -0.25) is 14.4 Å². The van der Waals surface area contributed by atoms with Gasteiger partial charge in [0.25, 0.3) is 5.91 Å². The normalized spacial score (nSPS) is 20.4. The van der Waals surface area contributed by atoms with Gasteiger partial charge >= 0.3 is 0 Å². The average Bonchev–Trinajstić information content (AvgIpc) is 2.81. The van der Waals surface area contributed by atoms with E-state index in [-0.39, 0.29) is 34.8 Å². The van der Waals surface area contributed by atoms with E-state index < -0.39 is 11.8 Å². The molecule has 0 saturated heterocycles. The molecule has 5 rings (SSSR count). The van der Waals surface area contributed by atoms with Crippen molar-refractivity contribution in [2.45, 2.75) is 59.3 Å². The molecule has 6 nitrogen and oxygen atoms in total. The Morgan fingerprint density at radius 3 is 2.08 bits per heavy atom. The third kappa shape index (κ3) is 5.28. The van der Waals surface area contributed by atoms with Gasteiger partial charge in [-0.2, -0.15) is 0 Å². The second kappa shape index (κ2) is 9.53. The van der Waals surface area contributed by atoms with Gasteiger partial charge in [0.2, 0.25) is 0 Å². The van der Waals surface area contributed by atoms with Crippen LogP contribution in [0.5, 0.6) is 5.75 Å². The molecular weight excluding hydrogens is 485 g/mol. The van der Waals surface area contributed by atoms with Crippen molar-refractivity contribution in [1.29, 1.82) is 0 Å². The molecule has 7 heteroatoms. The summed E-state index contributed by atoms with van der Waals surface area (Å²) in [5, 5.41) is 2.67. The molecule has 0 radical (unpaired) electrons. The second-order valence-electron chi connectivity index (χ2n) is 12.0. The first-order valence-electron chi connectivity index (χ1n) is 12.9. The van der Waals surface area contributed by atoms with Crippen LogP contribution in [0.2, 0.25) is 0 Å². The van der Waals surface area contributed by atoms with Crippen LogP contribution in [-0.2, 0) is 19.1 Å². The predicted octanol–water partition coefficient (Wildman–Crippen LogP) is 6.24. The van der Waals surface area contributed by atoms with Gasteiger partial charge in [0.05, 0.1) is 0 Å². The molecule has 2 aromatic carbocycles. The van der Waals surface area contributed by atoms with Crippen molar-refractivity contribution in [2.75, 3.05) is 11.9 Å². The summed E-state index contributed by atoms with van der Waals surface area (Å²) in [5.74, 6) is 0.442. The van der Waals surface area contributed by atoms with Crippen molar-refractivity contribution in [3.8, 4) is 5.75 Å². The van der Waals surface area contributed by atoms with E-state index >= 15 is 0 Å². The maximum Gasteiger partial charge on any atom is 0.262 e. The first-order chi connectivity index (χ1) is 17.9. The number of benzene rings is 2. The number of allylic oxidation sites excluding steroid dienone is 4. The minimum atomic E-state index is -0.530. The van der Waals surface area contributed by atoms with Crippen LogP contribution in [0.4, 0.5) is 10.1 Å². The summed E-state index contributed by atoms with van der Waals surface area (Å²) in [6.45, 7) is 7.96. The first kappa shape index (κ1) is 25.9. The number of carbonyl (C=O) groups excluding carboxylic acids is 3. The van der Waals surface area contributed by atoms with Crippen molar-refractivity contribution in [2.24, 2.45) is 10.8 Å². The van der Waals surface area contributed by atoms with Gasteiger partial charge in [-0.1, -0.05) is 39.8 Å². The number of nitrogens with one attached hydrogen (secondary N) is 1. The molecule has 2 aliphatic carbocycles. The highest BCUT2D eigenvalue weighted by Gasteiger charge is 2.47. The molecule has 38 heavy (non-hydrogen) atoms. The molecule has 0 saturated carbocycles. The van der Waals surface area contributed by atoms with Gasteiger partial charge in [0.15, 0.2) is 18.2 Å². The number of halogens is 1. The Labute approximate surface area is 221 Å². The molecule has 0 atom stereocenters. The van der Waals surface area contributed by atoms with Crippen LogP contribution < -0.4 is 10.1 Å². The van der Waals surface area contributed by atoms with Crippen molar-refractivity contribution < 1.29 is 28.2 Å². The molecular formula is C31H32FNO5. The lowest BCUT2D eigenvalue weighted by Gasteiger charge is -2.42. The van der Waals surface area contributed by atoms with Gasteiger partial charge in [0, 0.05) is 48.4 Å². The van der Waals surface area contributed by atoms with Gasteiger partial charge in [-0.05, 0) is 52.8 Å². The smallest absolute Gasteiger partial charge is 0.262 e. The third-order valence-electron chi connectivity index (χ3n) is 7.27. The largest absolute Gasteiger partial charge is 0.484 e. The minimum absolute atomic E-state index is 0.00423. The second-order valence-corrected chi connectivity index (χ2v) is 12.0. The topological polar surface area (TPSA) is 81.7 Å². The van der Waals surface area contributed by atoms with E-state index in [1.165, 1.54) is 24.3 Å². The van der Waals surface area contributed by atoms with Crippen LogP contribution in [0.3, 0.4) is 0 Å². The summed E-state index contributed by atoms with van der Waals surface area (Å²) in [5.41, 5.74) is 1.88. The summed E-state index contributed by atoms with van der Waals surface area (Å²) in [4.78, 5) is 39.3. The molecule has 0 bridgehead atoms. The predicted molar refractivity (Wildman–Crippen MR) is 141 cm³/mol. The molecule has 3 aliphatic rings. The van der Waals surface area contributed by atoms with E-state index in [1.54, 1.807) is 18.2 Å². The van der Waals surface area contributed by atoms with E-state index in [2.05, 4.69) is 33.0 Å². The van der Waals surface area contributed by atoms with Gasteiger partial charge < -0.3 is 14.8 Å². The number of hydrogen-bond donors (Lipinski definition) is 1. The average molecular weight is 518 g/mol. The highest BCUT2D eigenvalue weighted by molar-refractivity contribution is 6.06. The fourth-order valence-electron chi connectivity index (χ4n) is 5.67. The lowest BCUT2D eigenvalue weighted by atomic mass is 9.65. The molecule has 1 aliphatic heterocycles. The van der Waals surface area contributed by atoms with Crippen LogP contribution in [0.1, 0.15) is 64.9 Å². The lowest BCUT2D eigenvalue weighted by molar-refractivity contribution is -0.120. The SMILES string of the molecule is CC1(C)CC(=O)C2=C(C1)OC1=C(C(=O)CC(C)(C)C1)C2c1cccc(OCC(=O)Nc2ccc(F)cc2)c1. The zero-order valence-electron chi connectivity index (χ0n) is 22.2. The molecule has 198 valence electrons. The Hall–Kier alpha value is -3.74. The van der Waals surface area contributed by atoms with Crippen molar-refractivity contribution in [3.63, 3.8) is 0 Å². The van der Waals surface area contributed by atoms with Crippen LogP contribution in [0.15, 0.2) is 71.2 Å². The fourth-order valence-corrected chi connectivity index (χ4v) is 5.67. The van der Waals surface area contributed by atoms with Crippen molar-refractivity contribution >= 4 is 23.2 Å². The van der Waals surface area contributed by atoms with E-state index in [1.807, 2.05) is 6.07 Å². The molecule has 1 amide bonds. The Balaban J connectivity index is 1.44. The Kier molecular flexibility index (Phi) is 6.49.